The van der Waals surface area contributed by atoms with Crippen molar-refractivity contribution < 1.29 is 0 Å². The Labute approximate surface area is 154 Å². The van der Waals surface area contributed by atoms with Crippen LogP contribution in [-0.4, -0.2) is 32.8 Å². The molecule has 1 atom stereocenters. The van der Waals surface area contributed by atoms with Gasteiger partial charge in [0.2, 0.25) is 0 Å². The second kappa shape index (κ2) is 6.06. The Balaban J connectivity index is 0.00000168. The van der Waals surface area contributed by atoms with Crippen LogP contribution in [0.15, 0.2) is 36.8 Å². The quantitative estimate of drug-likeness (QED) is 0.730. The molecule has 0 radical (unpaired) electrons. The highest BCUT2D eigenvalue weighted by molar-refractivity contribution is 5.86. The topological polar surface area (TPSA) is 72.9 Å². The third-order valence-corrected chi connectivity index (χ3v) is 6.16. The third kappa shape index (κ3) is 2.32. The van der Waals surface area contributed by atoms with E-state index in [4.69, 9.17) is 5.73 Å². The van der Waals surface area contributed by atoms with E-state index < -0.39 is 0 Å². The van der Waals surface area contributed by atoms with E-state index >= 15 is 0 Å². The number of benzene rings is 1. The third-order valence-electron chi connectivity index (χ3n) is 6.16. The second-order valence-electron chi connectivity index (χ2n) is 7.41. The smallest absolute Gasteiger partial charge is 0.163 e. The van der Waals surface area contributed by atoms with Crippen LogP contribution in [0.3, 0.4) is 0 Å². The summed E-state index contributed by atoms with van der Waals surface area (Å²) in [6.45, 7) is 1.95. The Morgan fingerprint density at radius 2 is 1.92 bits per heavy atom. The van der Waals surface area contributed by atoms with E-state index in [9.17, 15) is 0 Å². The van der Waals surface area contributed by atoms with Crippen molar-refractivity contribution in [3.8, 4) is 0 Å². The van der Waals surface area contributed by atoms with E-state index in [1.54, 1.807) is 11.0 Å². The fourth-order valence-electron chi connectivity index (χ4n) is 4.67. The molecular weight excluding hydrogens is 324 g/mol. The van der Waals surface area contributed by atoms with Gasteiger partial charge in [0.15, 0.2) is 5.65 Å². The highest BCUT2D eigenvalue weighted by Gasteiger charge is 2.46. The van der Waals surface area contributed by atoms with E-state index in [0.717, 1.165) is 49.2 Å². The number of hydrogen-bond donors (Lipinski definition) is 1. The highest BCUT2D eigenvalue weighted by Crippen LogP contribution is 2.51. The van der Waals surface area contributed by atoms with Crippen molar-refractivity contribution in [3.05, 3.63) is 47.9 Å². The number of anilines is 1. The summed E-state index contributed by atoms with van der Waals surface area (Å²) in [4.78, 5) is 11.3. The summed E-state index contributed by atoms with van der Waals surface area (Å²) in [5.41, 5.74) is 10.5. The van der Waals surface area contributed by atoms with Crippen molar-refractivity contribution in [2.24, 2.45) is 18.2 Å². The molecular formula is C20H26N6. The summed E-state index contributed by atoms with van der Waals surface area (Å²) in [5, 5.41) is 5.36. The number of hydrogen-bond acceptors (Lipinski definition) is 5. The van der Waals surface area contributed by atoms with Gasteiger partial charge in [0.05, 0.1) is 11.6 Å². The molecule has 6 nitrogen and oxygen atoms in total. The summed E-state index contributed by atoms with van der Waals surface area (Å²) >= 11 is 0. The summed E-state index contributed by atoms with van der Waals surface area (Å²) in [7, 11) is 1.92. The van der Waals surface area contributed by atoms with Crippen molar-refractivity contribution >= 4 is 16.9 Å². The van der Waals surface area contributed by atoms with Crippen LogP contribution in [0.2, 0.25) is 0 Å². The number of rotatable bonds is 1. The lowest BCUT2D eigenvalue weighted by Crippen LogP contribution is -2.44. The minimum atomic E-state index is 0. The molecule has 3 aromatic rings. The number of nitrogens with two attached hydrogens (primary N) is 1. The first-order chi connectivity index (χ1) is 12.2. The van der Waals surface area contributed by atoms with Crippen molar-refractivity contribution in [2.45, 2.75) is 32.7 Å². The molecule has 26 heavy (non-hydrogen) atoms. The van der Waals surface area contributed by atoms with Gasteiger partial charge in [0.25, 0.3) is 0 Å². The largest absolute Gasteiger partial charge is 0.356 e. The zero-order chi connectivity index (χ0) is 17.0. The standard InChI is InChI=1S/C19H22N6.CH4/c1-24-17-15(11-23-24)18(22-12-21-17)25-8-6-19(7-9-25)10-13-4-2-3-5-14(13)16(19)20;/h2-5,11-12,16H,6-10,20H2,1H3;1H4/t16-;/m1./s1. The molecule has 0 bridgehead atoms. The predicted octanol–water partition coefficient (Wildman–Crippen LogP) is 2.84. The molecule has 3 heterocycles. The summed E-state index contributed by atoms with van der Waals surface area (Å²) in [5.74, 6) is 0.997. The zero-order valence-electron chi connectivity index (χ0n) is 14.4. The van der Waals surface area contributed by atoms with Gasteiger partial charge in [-0.3, -0.25) is 4.68 Å². The predicted molar refractivity (Wildman–Crippen MR) is 104 cm³/mol. The second-order valence-corrected chi connectivity index (χ2v) is 7.41. The van der Waals surface area contributed by atoms with E-state index in [-0.39, 0.29) is 18.9 Å². The van der Waals surface area contributed by atoms with Crippen molar-refractivity contribution in [1.82, 2.24) is 19.7 Å². The highest BCUT2D eigenvalue weighted by atomic mass is 15.3. The van der Waals surface area contributed by atoms with Gasteiger partial charge >= 0.3 is 0 Å². The number of aromatic nitrogens is 4. The van der Waals surface area contributed by atoms with Crippen LogP contribution in [0.25, 0.3) is 11.0 Å². The molecule has 0 saturated carbocycles. The first kappa shape index (κ1) is 17.0. The van der Waals surface area contributed by atoms with Gasteiger partial charge in [0.1, 0.15) is 12.1 Å². The van der Waals surface area contributed by atoms with Crippen LogP contribution < -0.4 is 10.6 Å². The molecule has 0 amide bonds. The fourth-order valence-corrected chi connectivity index (χ4v) is 4.67. The average Bonchev–Trinajstić information content (AvgIpc) is 3.15. The first-order valence-corrected chi connectivity index (χ1v) is 8.89. The number of nitrogens with zero attached hydrogens (tertiary/aromatic N) is 5. The molecule has 1 fully saturated rings. The Morgan fingerprint density at radius 3 is 2.69 bits per heavy atom. The lowest BCUT2D eigenvalue weighted by atomic mass is 9.73. The summed E-state index contributed by atoms with van der Waals surface area (Å²) in [6.07, 6.45) is 6.79. The van der Waals surface area contributed by atoms with E-state index in [2.05, 4.69) is 44.2 Å². The van der Waals surface area contributed by atoms with E-state index in [0.29, 0.717) is 0 Å². The lowest BCUT2D eigenvalue weighted by molar-refractivity contribution is 0.187. The fraction of sp³-hybridized carbons (Fsp3) is 0.450. The van der Waals surface area contributed by atoms with Crippen molar-refractivity contribution in [1.29, 1.82) is 0 Å². The van der Waals surface area contributed by atoms with Crippen LogP contribution in [-0.2, 0) is 13.5 Å². The van der Waals surface area contributed by atoms with E-state index in [1.807, 2.05) is 13.2 Å². The van der Waals surface area contributed by atoms with Crippen LogP contribution in [0.4, 0.5) is 5.82 Å². The van der Waals surface area contributed by atoms with Crippen molar-refractivity contribution in [3.63, 3.8) is 0 Å². The molecule has 0 unspecified atom stereocenters. The molecule has 1 aromatic carbocycles. The normalized spacial score (nSPS) is 21.0. The van der Waals surface area contributed by atoms with Crippen LogP contribution in [0, 0.1) is 5.41 Å². The number of aryl methyl sites for hydroxylation is 1. The molecule has 2 N–H and O–H groups in total. The minimum absolute atomic E-state index is 0. The van der Waals surface area contributed by atoms with Gasteiger partial charge in [-0.1, -0.05) is 31.7 Å². The summed E-state index contributed by atoms with van der Waals surface area (Å²) < 4.78 is 1.80. The molecule has 2 aliphatic rings. The van der Waals surface area contributed by atoms with Gasteiger partial charge in [-0.15, -0.1) is 0 Å². The number of fused-ring (bicyclic) bond motifs is 2. The Kier molecular flexibility index (Phi) is 3.95. The zero-order valence-corrected chi connectivity index (χ0v) is 14.4. The van der Waals surface area contributed by atoms with E-state index in [1.165, 1.54) is 11.1 Å². The first-order valence-electron chi connectivity index (χ1n) is 8.89. The Bertz CT molecular complexity index is 938. The molecule has 5 rings (SSSR count). The molecule has 1 spiro atoms. The van der Waals surface area contributed by atoms with Crippen LogP contribution in [0.5, 0.6) is 0 Å². The monoisotopic (exact) mass is 350 g/mol. The molecule has 2 aromatic heterocycles. The maximum Gasteiger partial charge on any atom is 0.163 e. The molecule has 1 aliphatic heterocycles. The Morgan fingerprint density at radius 1 is 1.15 bits per heavy atom. The lowest BCUT2D eigenvalue weighted by Gasteiger charge is -2.42. The molecule has 136 valence electrons. The maximum atomic E-state index is 6.68. The molecule has 6 heteroatoms. The van der Waals surface area contributed by atoms with Gasteiger partial charge in [-0.05, 0) is 35.8 Å². The van der Waals surface area contributed by atoms with Gasteiger partial charge in [0, 0.05) is 26.2 Å². The SMILES string of the molecule is C.Cn1ncc2c(N3CCC4(CC3)Cc3ccccc3[C@H]4N)ncnc21. The van der Waals surface area contributed by atoms with Crippen molar-refractivity contribution in [2.75, 3.05) is 18.0 Å². The molecule has 1 saturated heterocycles. The minimum Gasteiger partial charge on any atom is -0.356 e. The van der Waals surface area contributed by atoms with Gasteiger partial charge in [-0.2, -0.15) is 5.10 Å². The van der Waals surface area contributed by atoms with Crippen LogP contribution >= 0.6 is 0 Å². The summed E-state index contributed by atoms with van der Waals surface area (Å²) in [6, 6.07) is 8.81. The number of piperidine rings is 1. The molecule has 1 aliphatic carbocycles. The van der Waals surface area contributed by atoms with Crippen LogP contribution in [0.1, 0.15) is 37.4 Å². The Hall–Kier alpha value is -2.47. The average molecular weight is 350 g/mol. The maximum absolute atomic E-state index is 6.68. The van der Waals surface area contributed by atoms with Gasteiger partial charge in [-0.25, -0.2) is 9.97 Å². The van der Waals surface area contributed by atoms with Gasteiger partial charge < -0.3 is 10.6 Å².